The highest BCUT2D eigenvalue weighted by Gasteiger charge is 2.35. The predicted octanol–water partition coefficient (Wildman–Crippen LogP) is 4.86. The molecule has 1 fully saturated rings. The zero-order valence-electron chi connectivity index (χ0n) is 15.1. The number of amides is 2. The molecular formula is C20H16BrClN4O2S. The normalized spacial score (nSPS) is 16.1. The molecule has 6 nitrogen and oxygen atoms in total. The molecule has 1 saturated heterocycles. The van der Waals surface area contributed by atoms with Crippen LogP contribution >= 0.6 is 38.9 Å². The van der Waals surface area contributed by atoms with E-state index in [1.165, 1.54) is 11.3 Å². The number of hydrogen-bond donors (Lipinski definition) is 1. The van der Waals surface area contributed by atoms with Gasteiger partial charge in [0.2, 0.25) is 11.0 Å². The SMILES string of the molecule is O=C(Nc1nnc(-c2ccc(Br)cc2)s1)C1CCCN1C(=O)c1ccc(Cl)cc1. The minimum atomic E-state index is -0.529. The molecule has 29 heavy (non-hydrogen) atoms. The van der Waals surface area contributed by atoms with E-state index >= 15 is 0 Å². The van der Waals surface area contributed by atoms with Gasteiger partial charge in [-0.2, -0.15) is 0 Å². The second-order valence-corrected chi connectivity index (χ2v) is 8.90. The van der Waals surface area contributed by atoms with E-state index in [9.17, 15) is 9.59 Å². The molecule has 2 heterocycles. The van der Waals surface area contributed by atoms with Crippen molar-refractivity contribution < 1.29 is 9.59 Å². The Labute approximate surface area is 185 Å². The van der Waals surface area contributed by atoms with Gasteiger partial charge in [0.25, 0.3) is 5.91 Å². The maximum absolute atomic E-state index is 12.8. The summed E-state index contributed by atoms with van der Waals surface area (Å²) in [5.41, 5.74) is 1.44. The van der Waals surface area contributed by atoms with Crippen LogP contribution in [-0.4, -0.2) is 39.5 Å². The zero-order chi connectivity index (χ0) is 20.4. The molecule has 3 aromatic rings. The topological polar surface area (TPSA) is 75.2 Å². The predicted molar refractivity (Wildman–Crippen MR) is 117 cm³/mol. The first-order chi connectivity index (χ1) is 14.0. The van der Waals surface area contributed by atoms with Crippen molar-refractivity contribution in [3.05, 3.63) is 63.6 Å². The molecule has 9 heteroatoms. The number of likely N-dealkylation sites (tertiary alicyclic amines) is 1. The molecule has 1 N–H and O–H groups in total. The lowest BCUT2D eigenvalue weighted by atomic mass is 10.1. The van der Waals surface area contributed by atoms with Crippen molar-refractivity contribution in [2.45, 2.75) is 18.9 Å². The Bertz CT molecular complexity index is 1040. The average molecular weight is 492 g/mol. The second kappa shape index (κ2) is 8.61. The van der Waals surface area contributed by atoms with Crippen molar-refractivity contribution in [3.8, 4) is 10.6 Å². The third-order valence-electron chi connectivity index (χ3n) is 4.65. The first-order valence-corrected chi connectivity index (χ1v) is 11.0. The molecule has 0 radical (unpaired) electrons. The summed E-state index contributed by atoms with van der Waals surface area (Å²) < 4.78 is 0.978. The van der Waals surface area contributed by atoms with Gasteiger partial charge in [-0.15, -0.1) is 10.2 Å². The number of benzene rings is 2. The molecule has 1 aliphatic heterocycles. The molecule has 148 valence electrons. The van der Waals surface area contributed by atoms with Gasteiger partial charge in [-0.3, -0.25) is 14.9 Å². The van der Waals surface area contributed by atoms with E-state index in [4.69, 9.17) is 11.6 Å². The highest BCUT2D eigenvalue weighted by atomic mass is 79.9. The number of halogens is 2. The van der Waals surface area contributed by atoms with Crippen LogP contribution in [0.25, 0.3) is 10.6 Å². The number of hydrogen-bond acceptors (Lipinski definition) is 5. The minimum Gasteiger partial charge on any atom is -0.327 e. The Morgan fingerprint density at radius 3 is 2.55 bits per heavy atom. The van der Waals surface area contributed by atoms with E-state index < -0.39 is 6.04 Å². The first kappa shape index (κ1) is 20.0. The van der Waals surface area contributed by atoms with Gasteiger partial charge in [-0.05, 0) is 49.2 Å². The van der Waals surface area contributed by atoms with Crippen LogP contribution in [0.15, 0.2) is 53.0 Å². The van der Waals surface area contributed by atoms with Gasteiger partial charge in [0.1, 0.15) is 11.0 Å². The van der Waals surface area contributed by atoms with E-state index in [1.54, 1.807) is 29.2 Å². The van der Waals surface area contributed by atoms with Crippen molar-refractivity contribution in [1.82, 2.24) is 15.1 Å². The van der Waals surface area contributed by atoms with Gasteiger partial charge in [0.15, 0.2) is 0 Å². The summed E-state index contributed by atoms with van der Waals surface area (Å²) in [7, 11) is 0. The lowest BCUT2D eigenvalue weighted by Crippen LogP contribution is -2.43. The number of nitrogens with one attached hydrogen (secondary N) is 1. The van der Waals surface area contributed by atoms with Gasteiger partial charge in [-0.1, -0.05) is 51.0 Å². The van der Waals surface area contributed by atoms with Crippen LogP contribution < -0.4 is 5.32 Å². The van der Waals surface area contributed by atoms with Crippen molar-refractivity contribution in [2.24, 2.45) is 0 Å². The summed E-state index contributed by atoms with van der Waals surface area (Å²) in [6.07, 6.45) is 1.39. The van der Waals surface area contributed by atoms with Crippen LogP contribution in [0.4, 0.5) is 5.13 Å². The molecule has 0 bridgehead atoms. The Morgan fingerprint density at radius 2 is 1.83 bits per heavy atom. The summed E-state index contributed by atoms with van der Waals surface area (Å²) >= 11 is 10.6. The van der Waals surface area contributed by atoms with E-state index in [2.05, 4.69) is 31.4 Å². The van der Waals surface area contributed by atoms with Crippen LogP contribution in [0.3, 0.4) is 0 Å². The minimum absolute atomic E-state index is 0.174. The fourth-order valence-electron chi connectivity index (χ4n) is 3.21. The Hall–Kier alpha value is -2.29. The van der Waals surface area contributed by atoms with Crippen molar-refractivity contribution in [2.75, 3.05) is 11.9 Å². The number of anilines is 1. The van der Waals surface area contributed by atoms with Gasteiger partial charge >= 0.3 is 0 Å². The summed E-state index contributed by atoms with van der Waals surface area (Å²) in [5.74, 6) is -0.421. The average Bonchev–Trinajstić information content (AvgIpc) is 3.38. The quantitative estimate of drug-likeness (QED) is 0.565. The van der Waals surface area contributed by atoms with E-state index in [-0.39, 0.29) is 11.8 Å². The molecule has 1 unspecified atom stereocenters. The summed E-state index contributed by atoms with van der Waals surface area (Å²) in [5, 5.41) is 12.7. The molecule has 4 rings (SSSR count). The zero-order valence-corrected chi connectivity index (χ0v) is 18.3. The van der Waals surface area contributed by atoms with Crippen LogP contribution in [0.5, 0.6) is 0 Å². The van der Waals surface area contributed by atoms with E-state index in [1.807, 2.05) is 24.3 Å². The molecule has 0 spiro atoms. The number of carbonyl (C=O) groups excluding carboxylic acids is 2. The third kappa shape index (κ3) is 4.49. The number of carbonyl (C=O) groups is 2. The smallest absolute Gasteiger partial charge is 0.254 e. The van der Waals surface area contributed by atoms with Gasteiger partial charge in [0.05, 0.1) is 0 Å². The number of nitrogens with zero attached hydrogens (tertiary/aromatic N) is 3. The molecule has 1 atom stereocenters. The second-order valence-electron chi connectivity index (χ2n) is 6.57. The summed E-state index contributed by atoms with van der Waals surface area (Å²) in [6.45, 7) is 0.541. The van der Waals surface area contributed by atoms with Crippen molar-refractivity contribution in [1.29, 1.82) is 0 Å². The molecule has 2 amide bonds. The summed E-state index contributed by atoms with van der Waals surface area (Å²) in [6, 6.07) is 13.9. The number of aromatic nitrogens is 2. The van der Waals surface area contributed by atoms with Gasteiger partial charge in [-0.25, -0.2) is 0 Å². The Balaban J connectivity index is 1.45. The lowest BCUT2D eigenvalue weighted by Gasteiger charge is -2.23. The fraction of sp³-hybridized carbons (Fsp3) is 0.200. The molecule has 1 aromatic heterocycles. The maximum atomic E-state index is 12.8. The van der Waals surface area contributed by atoms with Gasteiger partial charge < -0.3 is 4.90 Å². The maximum Gasteiger partial charge on any atom is 0.254 e. The Kier molecular flexibility index (Phi) is 5.94. The molecule has 0 aliphatic carbocycles. The Morgan fingerprint density at radius 1 is 1.10 bits per heavy atom. The molecule has 1 aliphatic rings. The first-order valence-electron chi connectivity index (χ1n) is 8.98. The largest absolute Gasteiger partial charge is 0.327 e. The van der Waals surface area contributed by atoms with Crippen molar-refractivity contribution in [3.63, 3.8) is 0 Å². The standard InChI is InChI=1S/C20H16BrClN4O2S/c21-14-7-3-12(4-8-14)18-24-25-20(29-18)23-17(27)16-2-1-11-26(16)19(28)13-5-9-15(22)10-6-13/h3-10,16H,1-2,11H2,(H,23,25,27). The molecular weight excluding hydrogens is 476 g/mol. The highest BCUT2D eigenvalue weighted by molar-refractivity contribution is 9.10. The van der Waals surface area contributed by atoms with Crippen LogP contribution in [0.1, 0.15) is 23.2 Å². The van der Waals surface area contributed by atoms with Crippen LogP contribution in [0.2, 0.25) is 5.02 Å². The van der Waals surface area contributed by atoms with Crippen molar-refractivity contribution >= 4 is 55.8 Å². The summed E-state index contributed by atoms with van der Waals surface area (Å²) in [4.78, 5) is 27.2. The number of rotatable bonds is 4. The third-order valence-corrected chi connectivity index (χ3v) is 6.32. The van der Waals surface area contributed by atoms with E-state index in [0.29, 0.717) is 33.7 Å². The molecule has 0 saturated carbocycles. The van der Waals surface area contributed by atoms with Crippen LogP contribution in [0, 0.1) is 0 Å². The molecule has 2 aromatic carbocycles. The monoisotopic (exact) mass is 490 g/mol. The highest BCUT2D eigenvalue weighted by Crippen LogP contribution is 2.28. The fourth-order valence-corrected chi connectivity index (χ4v) is 4.35. The lowest BCUT2D eigenvalue weighted by molar-refractivity contribution is -0.119. The van der Waals surface area contributed by atoms with E-state index in [0.717, 1.165) is 16.5 Å². The van der Waals surface area contributed by atoms with Crippen LogP contribution in [-0.2, 0) is 4.79 Å². The van der Waals surface area contributed by atoms with Gasteiger partial charge in [0, 0.05) is 27.2 Å².